The molecule has 0 saturated heterocycles. The fraction of sp³-hybridized carbons (Fsp3) is 0.263. The van der Waals surface area contributed by atoms with Crippen LogP contribution in [-0.4, -0.2) is 23.2 Å². The van der Waals surface area contributed by atoms with Crippen LogP contribution in [0.4, 0.5) is 0 Å². The molecule has 29 heavy (non-hydrogen) atoms. The summed E-state index contributed by atoms with van der Waals surface area (Å²) >= 11 is 11.8. The van der Waals surface area contributed by atoms with E-state index >= 15 is 0 Å². The van der Waals surface area contributed by atoms with E-state index in [4.69, 9.17) is 27.9 Å². The van der Waals surface area contributed by atoms with Crippen LogP contribution < -0.4 is 9.46 Å². The molecule has 0 unspecified atom stereocenters. The first-order chi connectivity index (χ1) is 13.7. The molecule has 7 nitrogen and oxygen atoms in total. The number of hydrogen-bond acceptors (Lipinski definition) is 5. The Morgan fingerprint density at radius 2 is 1.79 bits per heavy atom. The lowest BCUT2D eigenvalue weighted by Gasteiger charge is -2.15. The van der Waals surface area contributed by atoms with Crippen LogP contribution in [0.3, 0.4) is 0 Å². The average molecular weight is 455 g/mol. The predicted octanol–water partition coefficient (Wildman–Crippen LogP) is 4.75. The molecule has 0 aliphatic carbocycles. The normalized spacial score (nSPS) is 12.7. The molecule has 1 atom stereocenters. The summed E-state index contributed by atoms with van der Waals surface area (Å²) in [7, 11) is -3.84. The van der Waals surface area contributed by atoms with Crippen molar-refractivity contribution in [3.05, 3.63) is 63.9 Å². The molecule has 0 fully saturated rings. The Hall–Kier alpha value is -2.13. The molecule has 0 saturated carbocycles. The third-order valence-electron chi connectivity index (χ3n) is 4.21. The van der Waals surface area contributed by atoms with Gasteiger partial charge in [0.15, 0.2) is 5.82 Å². The maximum Gasteiger partial charge on any atom is 0.322 e. The number of halogens is 2. The SMILES string of the molecule is CCn1c(Oc2ccc(C)cc2)nnc1[C@@H](C)NS(=O)(=O)c1ccc(Cl)c(Cl)c1. The third-order valence-corrected chi connectivity index (χ3v) is 6.49. The van der Waals surface area contributed by atoms with E-state index in [-0.39, 0.29) is 21.0 Å². The number of aromatic nitrogens is 3. The highest BCUT2D eigenvalue weighted by Gasteiger charge is 2.24. The smallest absolute Gasteiger partial charge is 0.322 e. The lowest BCUT2D eigenvalue weighted by molar-refractivity contribution is 0.407. The summed E-state index contributed by atoms with van der Waals surface area (Å²) in [6.07, 6.45) is 0. The zero-order chi connectivity index (χ0) is 21.2. The third kappa shape index (κ3) is 4.90. The van der Waals surface area contributed by atoms with Crippen molar-refractivity contribution in [3.63, 3.8) is 0 Å². The molecule has 0 radical (unpaired) electrons. The van der Waals surface area contributed by atoms with Gasteiger partial charge in [0.1, 0.15) is 5.75 Å². The number of nitrogens with zero attached hydrogens (tertiary/aromatic N) is 3. The van der Waals surface area contributed by atoms with E-state index in [1.807, 2.05) is 38.1 Å². The van der Waals surface area contributed by atoms with Gasteiger partial charge in [-0.25, -0.2) is 13.1 Å². The second-order valence-electron chi connectivity index (χ2n) is 6.42. The van der Waals surface area contributed by atoms with Gasteiger partial charge in [0.25, 0.3) is 0 Å². The van der Waals surface area contributed by atoms with E-state index in [1.54, 1.807) is 11.5 Å². The number of hydrogen-bond donors (Lipinski definition) is 1. The predicted molar refractivity (Wildman–Crippen MR) is 112 cm³/mol. The zero-order valence-electron chi connectivity index (χ0n) is 16.1. The fourth-order valence-electron chi connectivity index (χ4n) is 2.70. The molecule has 0 spiro atoms. The van der Waals surface area contributed by atoms with E-state index in [9.17, 15) is 8.42 Å². The minimum absolute atomic E-state index is 0.0115. The van der Waals surface area contributed by atoms with Crippen LogP contribution >= 0.6 is 23.2 Å². The molecule has 1 N–H and O–H groups in total. The summed E-state index contributed by atoms with van der Waals surface area (Å²) in [5.41, 5.74) is 1.11. The van der Waals surface area contributed by atoms with Gasteiger partial charge >= 0.3 is 6.01 Å². The van der Waals surface area contributed by atoms with Gasteiger partial charge in [-0.2, -0.15) is 0 Å². The Labute approximate surface area is 179 Å². The number of nitrogens with one attached hydrogen (secondary N) is 1. The first kappa shape index (κ1) is 21.6. The van der Waals surface area contributed by atoms with Gasteiger partial charge < -0.3 is 4.74 Å². The molecular weight excluding hydrogens is 435 g/mol. The summed E-state index contributed by atoms with van der Waals surface area (Å²) in [5.74, 6) is 1.05. The molecule has 154 valence electrons. The Morgan fingerprint density at radius 3 is 2.41 bits per heavy atom. The molecule has 3 aromatic rings. The van der Waals surface area contributed by atoms with E-state index in [2.05, 4.69) is 14.9 Å². The lowest BCUT2D eigenvalue weighted by atomic mass is 10.2. The largest absolute Gasteiger partial charge is 0.424 e. The van der Waals surface area contributed by atoms with Crippen LogP contribution in [0.5, 0.6) is 11.8 Å². The maximum atomic E-state index is 12.7. The van der Waals surface area contributed by atoms with E-state index < -0.39 is 16.1 Å². The molecule has 0 aliphatic heterocycles. The van der Waals surface area contributed by atoms with Crippen LogP contribution in [0.1, 0.15) is 31.3 Å². The zero-order valence-corrected chi connectivity index (χ0v) is 18.4. The molecular formula is C19H20Cl2N4O3S. The van der Waals surface area contributed by atoms with E-state index in [1.165, 1.54) is 18.2 Å². The summed E-state index contributed by atoms with van der Waals surface area (Å²) < 4.78 is 35.5. The molecule has 0 amide bonds. The lowest BCUT2D eigenvalue weighted by Crippen LogP contribution is -2.29. The van der Waals surface area contributed by atoms with Crippen molar-refractivity contribution in [3.8, 4) is 11.8 Å². The standard InChI is InChI=1S/C19H20Cl2N4O3S/c1-4-25-18(22-23-19(25)28-14-7-5-12(2)6-8-14)13(3)24-29(26,27)15-9-10-16(20)17(21)11-15/h5-11,13,24H,4H2,1-3H3/t13-/m1/s1. The molecule has 1 heterocycles. The van der Waals surface area contributed by atoms with Crippen molar-refractivity contribution in [1.82, 2.24) is 19.5 Å². The molecule has 0 aliphatic rings. The van der Waals surface area contributed by atoms with Gasteiger partial charge in [0, 0.05) is 6.54 Å². The van der Waals surface area contributed by atoms with Gasteiger partial charge in [-0.1, -0.05) is 46.0 Å². The second-order valence-corrected chi connectivity index (χ2v) is 8.95. The molecule has 3 rings (SSSR count). The van der Waals surface area contributed by atoms with Gasteiger partial charge in [-0.15, -0.1) is 5.10 Å². The number of ether oxygens (including phenoxy) is 1. The molecule has 2 aromatic carbocycles. The van der Waals surface area contributed by atoms with Crippen LogP contribution in [0, 0.1) is 6.92 Å². The number of sulfonamides is 1. The van der Waals surface area contributed by atoms with E-state index in [0.29, 0.717) is 18.1 Å². The molecule has 10 heteroatoms. The topological polar surface area (TPSA) is 86.1 Å². The summed E-state index contributed by atoms with van der Waals surface area (Å²) in [5, 5.41) is 8.64. The Balaban J connectivity index is 1.83. The molecule has 0 bridgehead atoms. The molecule has 1 aromatic heterocycles. The van der Waals surface area contributed by atoms with Crippen molar-refractivity contribution < 1.29 is 13.2 Å². The van der Waals surface area contributed by atoms with Gasteiger partial charge in [-0.05, 0) is 51.1 Å². The Bertz CT molecular complexity index is 1110. The van der Waals surface area contributed by atoms with Crippen molar-refractivity contribution in [2.45, 2.75) is 38.3 Å². The summed E-state index contributed by atoms with van der Waals surface area (Å²) in [6, 6.07) is 11.3. The number of benzene rings is 2. The van der Waals surface area contributed by atoms with Crippen LogP contribution in [-0.2, 0) is 16.6 Å². The van der Waals surface area contributed by atoms with Crippen molar-refractivity contribution in [2.24, 2.45) is 0 Å². The number of rotatable bonds is 7. The van der Waals surface area contributed by atoms with Gasteiger partial charge in [-0.3, -0.25) is 4.57 Å². The first-order valence-electron chi connectivity index (χ1n) is 8.86. The van der Waals surface area contributed by atoms with Crippen LogP contribution in [0.25, 0.3) is 0 Å². The first-order valence-corrected chi connectivity index (χ1v) is 11.1. The summed E-state index contributed by atoms with van der Waals surface area (Å²) in [6.45, 7) is 6.07. The minimum Gasteiger partial charge on any atom is -0.424 e. The second kappa shape index (κ2) is 8.71. The number of aryl methyl sites for hydroxylation is 1. The van der Waals surface area contributed by atoms with Crippen LogP contribution in [0.15, 0.2) is 47.4 Å². The average Bonchev–Trinajstić information content (AvgIpc) is 3.08. The quantitative estimate of drug-likeness (QED) is 0.556. The fourth-order valence-corrected chi connectivity index (χ4v) is 4.29. The maximum absolute atomic E-state index is 12.7. The highest BCUT2D eigenvalue weighted by Crippen LogP contribution is 2.27. The highest BCUT2D eigenvalue weighted by molar-refractivity contribution is 7.89. The highest BCUT2D eigenvalue weighted by atomic mass is 35.5. The van der Waals surface area contributed by atoms with Crippen molar-refractivity contribution in [2.75, 3.05) is 0 Å². The minimum atomic E-state index is -3.84. The van der Waals surface area contributed by atoms with Crippen molar-refractivity contribution in [1.29, 1.82) is 0 Å². The van der Waals surface area contributed by atoms with E-state index in [0.717, 1.165) is 5.56 Å². The summed E-state index contributed by atoms with van der Waals surface area (Å²) in [4.78, 5) is 0.0115. The Kier molecular flexibility index (Phi) is 6.48. The van der Waals surface area contributed by atoms with Gasteiger partial charge in [0.2, 0.25) is 10.0 Å². The van der Waals surface area contributed by atoms with Gasteiger partial charge in [0.05, 0.1) is 21.0 Å². The monoisotopic (exact) mass is 454 g/mol. The Morgan fingerprint density at radius 1 is 1.10 bits per heavy atom. The van der Waals surface area contributed by atoms with Crippen molar-refractivity contribution >= 4 is 33.2 Å². The van der Waals surface area contributed by atoms with Crippen LogP contribution in [0.2, 0.25) is 10.0 Å².